The largest absolute Gasteiger partial charge is 0.461 e. The van der Waals surface area contributed by atoms with Crippen LogP contribution in [0.5, 0.6) is 0 Å². The zero-order valence-electron chi connectivity index (χ0n) is 18.6. The predicted molar refractivity (Wildman–Crippen MR) is 113 cm³/mol. The molecule has 0 saturated carbocycles. The summed E-state index contributed by atoms with van der Waals surface area (Å²) in [4.78, 5) is 0. The molecule has 0 bridgehead atoms. The summed E-state index contributed by atoms with van der Waals surface area (Å²) in [5.74, 6) is -3.10. The molecule has 1 atom stereocenters. The summed E-state index contributed by atoms with van der Waals surface area (Å²) in [6.45, 7) is 13.8. The van der Waals surface area contributed by atoms with Crippen molar-refractivity contribution in [3.63, 3.8) is 0 Å². The average Bonchev–Trinajstić information content (AvgIpc) is 2.77. The molecule has 158 valence electrons. The first-order chi connectivity index (χ1) is 12.7. The summed E-state index contributed by atoms with van der Waals surface area (Å²) in [6.07, 6.45) is 1.83. The van der Waals surface area contributed by atoms with Crippen molar-refractivity contribution in [1.29, 1.82) is 0 Å². The van der Waals surface area contributed by atoms with E-state index in [2.05, 4.69) is 0 Å². The lowest BCUT2D eigenvalue weighted by atomic mass is 9.57. The van der Waals surface area contributed by atoms with Gasteiger partial charge in [-0.2, -0.15) is 0 Å². The molecule has 0 unspecified atom stereocenters. The Kier molecular flexibility index (Phi) is 7.03. The first kappa shape index (κ1) is 23.3. The van der Waals surface area contributed by atoms with E-state index in [-0.39, 0.29) is 24.1 Å². The molecule has 5 heteroatoms. The van der Waals surface area contributed by atoms with Crippen LogP contribution in [0.4, 0.5) is 8.78 Å². The Labute approximate surface area is 170 Å². The van der Waals surface area contributed by atoms with E-state index in [1.165, 1.54) is 5.56 Å². The fourth-order valence-corrected chi connectivity index (χ4v) is 3.64. The zero-order chi connectivity index (χ0) is 21.2. The van der Waals surface area contributed by atoms with Gasteiger partial charge in [0.05, 0.1) is 11.2 Å². The van der Waals surface area contributed by atoms with E-state index < -0.39 is 24.2 Å². The van der Waals surface area contributed by atoms with Gasteiger partial charge in [0, 0.05) is 18.7 Å². The SMILES string of the molecule is CC(C)(C)[C@@H](CC(F)(F)CCCCc1ccccc1)B1OC(C)(C)C(C)(C)O1. The number of unbranched alkanes of at least 4 members (excludes halogenated alkanes) is 1. The molecular formula is C23H37BF2O2. The van der Waals surface area contributed by atoms with Gasteiger partial charge >= 0.3 is 7.12 Å². The molecule has 2 rings (SSSR count). The predicted octanol–water partition coefficient (Wildman–Crippen LogP) is 6.93. The van der Waals surface area contributed by atoms with Gasteiger partial charge in [-0.3, -0.25) is 0 Å². The van der Waals surface area contributed by atoms with E-state index in [0.29, 0.717) is 6.42 Å². The van der Waals surface area contributed by atoms with E-state index in [1.54, 1.807) is 0 Å². The molecule has 1 fully saturated rings. The molecule has 0 aromatic heterocycles. The van der Waals surface area contributed by atoms with Gasteiger partial charge < -0.3 is 9.31 Å². The van der Waals surface area contributed by atoms with Crippen molar-refractivity contribution in [2.24, 2.45) is 5.41 Å². The van der Waals surface area contributed by atoms with Crippen LogP contribution in [0.25, 0.3) is 0 Å². The maximum atomic E-state index is 14.9. The van der Waals surface area contributed by atoms with Gasteiger partial charge in [0.2, 0.25) is 5.92 Å². The van der Waals surface area contributed by atoms with E-state index >= 15 is 0 Å². The molecule has 28 heavy (non-hydrogen) atoms. The molecule has 0 radical (unpaired) electrons. The highest BCUT2D eigenvalue weighted by molar-refractivity contribution is 6.47. The van der Waals surface area contributed by atoms with Crippen LogP contribution in [0.2, 0.25) is 5.82 Å². The summed E-state index contributed by atoms with van der Waals surface area (Å²) in [7, 11) is -0.611. The number of aryl methyl sites for hydroxylation is 1. The molecule has 0 aliphatic carbocycles. The minimum absolute atomic E-state index is 0.0913. The van der Waals surface area contributed by atoms with Gasteiger partial charge in [-0.05, 0) is 57.9 Å². The van der Waals surface area contributed by atoms with Crippen LogP contribution in [0, 0.1) is 5.41 Å². The summed E-state index contributed by atoms with van der Waals surface area (Å²) < 4.78 is 42.0. The number of alkyl halides is 2. The van der Waals surface area contributed by atoms with E-state index in [1.807, 2.05) is 78.8 Å². The molecule has 0 N–H and O–H groups in total. The summed E-state index contributed by atoms with van der Waals surface area (Å²) in [5, 5.41) is 0. The van der Waals surface area contributed by atoms with Crippen LogP contribution in [0.1, 0.15) is 79.7 Å². The van der Waals surface area contributed by atoms with Crippen molar-refractivity contribution < 1.29 is 18.1 Å². The number of benzene rings is 1. The van der Waals surface area contributed by atoms with Crippen LogP contribution in [-0.4, -0.2) is 24.2 Å². The Bertz CT molecular complexity index is 607. The lowest BCUT2D eigenvalue weighted by molar-refractivity contribution is -0.0306. The van der Waals surface area contributed by atoms with Gasteiger partial charge in [0.25, 0.3) is 0 Å². The van der Waals surface area contributed by atoms with Gasteiger partial charge in [-0.25, -0.2) is 8.78 Å². The average molecular weight is 394 g/mol. The minimum Gasteiger partial charge on any atom is -0.403 e. The van der Waals surface area contributed by atoms with E-state index in [0.717, 1.165) is 12.8 Å². The maximum absolute atomic E-state index is 14.9. The normalized spacial score (nSPS) is 20.4. The van der Waals surface area contributed by atoms with Crippen LogP contribution in [-0.2, 0) is 15.7 Å². The summed E-state index contributed by atoms with van der Waals surface area (Å²) in [6, 6.07) is 10.0. The molecule has 1 heterocycles. The highest BCUT2D eigenvalue weighted by atomic mass is 19.3. The Morgan fingerprint density at radius 3 is 1.96 bits per heavy atom. The molecule has 2 nitrogen and oxygen atoms in total. The quantitative estimate of drug-likeness (QED) is 0.351. The second kappa shape index (κ2) is 8.43. The molecule has 0 spiro atoms. The fourth-order valence-electron chi connectivity index (χ4n) is 3.64. The number of halogens is 2. The number of hydrogen-bond donors (Lipinski definition) is 0. The van der Waals surface area contributed by atoms with Crippen LogP contribution < -0.4 is 0 Å². The van der Waals surface area contributed by atoms with Crippen molar-refractivity contribution in [3.05, 3.63) is 35.9 Å². The number of rotatable bonds is 8. The first-order valence-corrected chi connectivity index (χ1v) is 10.5. The Balaban J connectivity index is 1.95. The highest BCUT2D eigenvalue weighted by Gasteiger charge is 2.57. The molecule has 1 saturated heterocycles. The lowest BCUT2D eigenvalue weighted by Gasteiger charge is -2.35. The van der Waals surface area contributed by atoms with Crippen LogP contribution in [0.3, 0.4) is 0 Å². The fraction of sp³-hybridized carbons (Fsp3) is 0.739. The topological polar surface area (TPSA) is 18.5 Å². The van der Waals surface area contributed by atoms with Crippen molar-refractivity contribution in [2.45, 2.75) is 104 Å². The third-order valence-corrected chi connectivity index (χ3v) is 6.33. The second-order valence-electron chi connectivity index (χ2n) is 10.4. The Hall–Kier alpha value is -0.935. The summed E-state index contributed by atoms with van der Waals surface area (Å²) in [5.41, 5.74) is -0.150. The Morgan fingerprint density at radius 1 is 0.929 bits per heavy atom. The van der Waals surface area contributed by atoms with Gasteiger partial charge in [0.1, 0.15) is 0 Å². The number of hydrogen-bond acceptors (Lipinski definition) is 2. The van der Waals surface area contributed by atoms with Crippen molar-refractivity contribution in [1.82, 2.24) is 0 Å². The van der Waals surface area contributed by atoms with Gasteiger partial charge in [0.15, 0.2) is 0 Å². The molecule has 1 aliphatic rings. The third kappa shape index (κ3) is 6.03. The lowest BCUT2D eigenvalue weighted by Crippen LogP contribution is -2.41. The molecule has 1 aromatic carbocycles. The molecule has 1 aliphatic heterocycles. The monoisotopic (exact) mass is 394 g/mol. The Morgan fingerprint density at radius 2 is 1.46 bits per heavy atom. The van der Waals surface area contributed by atoms with Gasteiger partial charge in [-0.1, -0.05) is 51.1 Å². The van der Waals surface area contributed by atoms with E-state index in [4.69, 9.17) is 9.31 Å². The maximum Gasteiger partial charge on any atom is 0.461 e. The van der Waals surface area contributed by atoms with Gasteiger partial charge in [-0.15, -0.1) is 0 Å². The van der Waals surface area contributed by atoms with Crippen LogP contribution in [0.15, 0.2) is 30.3 Å². The minimum atomic E-state index is -2.72. The zero-order valence-corrected chi connectivity index (χ0v) is 18.6. The highest BCUT2D eigenvalue weighted by Crippen LogP contribution is 2.49. The first-order valence-electron chi connectivity index (χ1n) is 10.5. The molecular weight excluding hydrogens is 357 g/mol. The van der Waals surface area contributed by atoms with Crippen LogP contribution >= 0.6 is 0 Å². The smallest absolute Gasteiger partial charge is 0.403 e. The molecule has 1 aromatic rings. The van der Waals surface area contributed by atoms with Crippen molar-refractivity contribution in [3.8, 4) is 0 Å². The van der Waals surface area contributed by atoms with Crippen molar-refractivity contribution >= 4 is 7.12 Å². The van der Waals surface area contributed by atoms with Crippen molar-refractivity contribution in [2.75, 3.05) is 0 Å². The second-order valence-corrected chi connectivity index (χ2v) is 10.4. The standard InChI is InChI=1S/C23H37BF2O2/c1-20(2,3)19(24-27-21(4,5)22(6,7)28-24)17-23(25,26)16-12-11-15-18-13-9-8-10-14-18/h8-10,13-14,19H,11-12,15-17H2,1-7H3/t19-/m1/s1. The molecule has 0 amide bonds. The van der Waals surface area contributed by atoms with E-state index in [9.17, 15) is 8.78 Å². The summed E-state index contributed by atoms with van der Waals surface area (Å²) >= 11 is 0. The third-order valence-electron chi connectivity index (χ3n) is 6.33.